The van der Waals surface area contributed by atoms with E-state index >= 15 is 0 Å². The zero-order chi connectivity index (χ0) is 12.1. The van der Waals surface area contributed by atoms with E-state index in [2.05, 4.69) is 15.9 Å². The minimum absolute atomic E-state index is 0.242. The van der Waals surface area contributed by atoms with E-state index in [-0.39, 0.29) is 10.3 Å². The number of hydrogen-bond donors (Lipinski definition) is 0. The number of benzene rings is 1. The van der Waals surface area contributed by atoms with Crippen molar-refractivity contribution in [2.24, 2.45) is 5.92 Å². The van der Waals surface area contributed by atoms with Crippen LogP contribution in [0.3, 0.4) is 0 Å². The van der Waals surface area contributed by atoms with Gasteiger partial charge in [-0.2, -0.15) is 5.26 Å². The quantitative estimate of drug-likeness (QED) is 0.791. The minimum atomic E-state index is -0.637. The number of ketones is 1. The Bertz CT molecular complexity index is 439. The monoisotopic (exact) mass is 283 g/mol. The van der Waals surface area contributed by atoms with E-state index < -0.39 is 11.7 Å². The lowest BCUT2D eigenvalue weighted by Crippen LogP contribution is -2.12. The van der Waals surface area contributed by atoms with Gasteiger partial charge in [0.1, 0.15) is 11.7 Å². The van der Waals surface area contributed by atoms with Crippen molar-refractivity contribution in [1.29, 1.82) is 5.26 Å². The second-order valence-electron chi connectivity index (χ2n) is 3.46. The van der Waals surface area contributed by atoms with Crippen LogP contribution in [0.5, 0.6) is 0 Å². The molecular formula is C12H11BrFNO. The molecule has 1 aromatic rings. The molecule has 1 atom stereocenters. The van der Waals surface area contributed by atoms with Crippen LogP contribution in [0.1, 0.15) is 30.1 Å². The molecule has 1 unspecified atom stereocenters. The molecule has 0 fully saturated rings. The maximum Gasteiger partial charge on any atom is 0.180 e. The lowest BCUT2D eigenvalue weighted by molar-refractivity contribution is 0.0943. The molecule has 4 heteroatoms. The Kier molecular flexibility index (Phi) is 4.63. The normalized spacial score (nSPS) is 11.9. The number of rotatable bonds is 4. The van der Waals surface area contributed by atoms with Crippen molar-refractivity contribution >= 4 is 21.7 Å². The summed E-state index contributed by atoms with van der Waals surface area (Å²) in [6.07, 6.45) is 1.30. The summed E-state index contributed by atoms with van der Waals surface area (Å²) in [6.45, 7) is 1.91. The maximum absolute atomic E-state index is 13.0. The fourth-order valence-electron chi connectivity index (χ4n) is 1.39. The SMILES string of the molecule is CCCC(C#N)C(=O)c1ccc(F)c(Br)c1. The summed E-state index contributed by atoms with van der Waals surface area (Å²) in [5.74, 6) is -1.30. The van der Waals surface area contributed by atoms with Crippen molar-refractivity contribution in [3.8, 4) is 6.07 Å². The molecule has 0 radical (unpaired) electrons. The van der Waals surface area contributed by atoms with E-state index in [1.165, 1.54) is 18.2 Å². The van der Waals surface area contributed by atoms with E-state index in [0.29, 0.717) is 12.0 Å². The van der Waals surface area contributed by atoms with Gasteiger partial charge >= 0.3 is 0 Å². The average molecular weight is 284 g/mol. The van der Waals surface area contributed by atoms with Gasteiger partial charge in [-0.05, 0) is 40.5 Å². The molecule has 1 aromatic carbocycles. The molecule has 0 aliphatic heterocycles. The predicted molar refractivity (Wildman–Crippen MR) is 62.4 cm³/mol. The first-order valence-electron chi connectivity index (χ1n) is 4.99. The van der Waals surface area contributed by atoms with Crippen LogP contribution in [-0.4, -0.2) is 5.78 Å². The number of nitrogens with zero attached hydrogens (tertiary/aromatic N) is 1. The Morgan fingerprint density at radius 3 is 2.81 bits per heavy atom. The number of Topliss-reactive ketones (excluding diaryl/α,β-unsaturated/α-hetero) is 1. The molecule has 0 saturated heterocycles. The Labute approximate surface area is 102 Å². The third-order valence-corrected chi connectivity index (χ3v) is 2.86. The zero-order valence-electron chi connectivity index (χ0n) is 8.84. The van der Waals surface area contributed by atoms with Gasteiger partial charge in [-0.15, -0.1) is 0 Å². The molecule has 0 spiro atoms. The highest BCUT2D eigenvalue weighted by Crippen LogP contribution is 2.20. The van der Waals surface area contributed by atoms with Crippen molar-refractivity contribution in [2.45, 2.75) is 19.8 Å². The highest BCUT2D eigenvalue weighted by molar-refractivity contribution is 9.10. The highest BCUT2D eigenvalue weighted by Gasteiger charge is 2.19. The zero-order valence-corrected chi connectivity index (χ0v) is 10.4. The molecule has 84 valence electrons. The topological polar surface area (TPSA) is 40.9 Å². The van der Waals surface area contributed by atoms with Crippen molar-refractivity contribution in [3.05, 3.63) is 34.1 Å². The van der Waals surface area contributed by atoms with E-state index in [4.69, 9.17) is 5.26 Å². The second-order valence-corrected chi connectivity index (χ2v) is 4.32. The van der Waals surface area contributed by atoms with Crippen LogP contribution >= 0.6 is 15.9 Å². The lowest BCUT2D eigenvalue weighted by Gasteiger charge is -2.07. The van der Waals surface area contributed by atoms with Gasteiger partial charge in [0.05, 0.1) is 10.5 Å². The molecule has 0 heterocycles. The lowest BCUT2D eigenvalue weighted by atomic mass is 9.95. The van der Waals surface area contributed by atoms with Crippen LogP contribution in [0, 0.1) is 23.1 Å². The van der Waals surface area contributed by atoms with Crippen molar-refractivity contribution in [1.82, 2.24) is 0 Å². The molecule has 0 bridgehead atoms. The number of carbonyl (C=O) groups excluding carboxylic acids is 1. The van der Waals surface area contributed by atoms with Crippen molar-refractivity contribution in [3.63, 3.8) is 0 Å². The van der Waals surface area contributed by atoms with Gasteiger partial charge < -0.3 is 0 Å². The van der Waals surface area contributed by atoms with Gasteiger partial charge in [0.2, 0.25) is 0 Å². The third-order valence-electron chi connectivity index (χ3n) is 2.25. The van der Waals surface area contributed by atoms with E-state index in [9.17, 15) is 9.18 Å². The Balaban J connectivity index is 2.96. The highest BCUT2D eigenvalue weighted by atomic mass is 79.9. The number of halogens is 2. The summed E-state index contributed by atoms with van der Waals surface area (Å²) in [6, 6.07) is 6.02. The molecule has 0 aliphatic rings. The maximum atomic E-state index is 13.0. The average Bonchev–Trinajstić information content (AvgIpc) is 2.28. The summed E-state index contributed by atoms with van der Waals surface area (Å²) in [4.78, 5) is 11.9. The number of hydrogen-bond acceptors (Lipinski definition) is 2. The summed E-state index contributed by atoms with van der Waals surface area (Å²) in [5.41, 5.74) is 0.369. The van der Waals surface area contributed by atoms with E-state index in [0.717, 1.165) is 6.42 Å². The molecule has 0 aliphatic carbocycles. The summed E-state index contributed by atoms with van der Waals surface area (Å²) in [5, 5.41) is 8.86. The summed E-state index contributed by atoms with van der Waals surface area (Å²) < 4.78 is 13.2. The third kappa shape index (κ3) is 2.89. The fraction of sp³-hybridized carbons (Fsp3) is 0.333. The molecule has 1 rings (SSSR count). The van der Waals surface area contributed by atoms with Gasteiger partial charge in [0, 0.05) is 5.56 Å². The second kappa shape index (κ2) is 5.76. The molecule has 2 nitrogen and oxygen atoms in total. The molecule has 0 N–H and O–H groups in total. The van der Waals surface area contributed by atoms with Gasteiger partial charge in [0.15, 0.2) is 5.78 Å². The van der Waals surface area contributed by atoms with Gasteiger partial charge in [0.25, 0.3) is 0 Å². The number of nitriles is 1. The molecule has 0 aromatic heterocycles. The van der Waals surface area contributed by atoms with Gasteiger partial charge in [-0.1, -0.05) is 13.3 Å². The van der Waals surface area contributed by atoms with Crippen molar-refractivity contribution in [2.75, 3.05) is 0 Å². The first-order valence-corrected chi connectivity index (χ1v) is 5.78. The standard InChI is InChI=1S/C12H11BrFNO/c1-2-3-9(7-15)12(16)8-4-5-11(14)10(13)6-8/h4-6,9H,2-3H2,1H3. The Hall–Kier alpha value is -1.21. The smallest absolute Gasteiger partial charge is 0.180 e. The van der Waals surface area contributed by atoms with Gasteiger partial charge in [-0.25, -0.2) is 4.39 Å². The molecule has 16 heavy (non-hydrogen) atoms. The van der Waals surface area contributed by atoms with Crippen LogP contribution in [0.15, 0.2) is 22.7 Å². The fourth-order valence-corrected chi connectivity index (χ4v) is 1.77. The van der Waals surface area contributed by atoms with Crippen LogP contribution in [0.2, 0.25) is 0 Å². The van der Waals surface area contributed by atoms with Crippen LogP contribution in [-0.2, 0) is 0 Å². The largest absolute Gasteiger partial charge is 0.293 e. The Morgan fingerprint density at radius 1 is 1.62 bits per heavy atom. The Morgan fingerprint density at radius 2 is 2.31 bits per heavy atom. The molecule has 0 saturated carbocycles. The molecular weight excluding hydrogens is 273 g/mol. The summed E-state index contributed by atoms with van der Waals surface area (Å²) >= 11 is 3.01. The predicted octanol–water partition coefficient (Wildman–Crippen LogP) is 3.71. The van der Waals surface area contributed by atoms with Gasteiger partial charge in [-0.3, -0.25) is 4.79 Å². The van der Waals surface area contributed by atoms with E-state index in [1.54, 1.807) is 0 Å². The molecule has 0 amide bonds. The number of carbonyl (C=O) groups is 1. The summed E-state index contributed by atoms with van der Waals surface area (Å²) in [7, 11) is 0. The van der Waals surface area contributed by atoms with Crippen LogP contribution in [0.4, 0.5) is 4.39 Å². The first kappa shape index (κ1) is 12.9. The first-order chi connectivity index (χ1) is 7.60. The van der Waals surface area contributed by atoms with Crippen LogP contribution in [0.25, 0.3) is 0 Å². The van der Waals surface area contributed by atoms with Crippen molar-refractivity contribution < 1.29 is 9.18 Å². The minimum Gasteiger partial charge on any atom is -0.293 e. The van der Waals surface area contributed by atoms with E-state index in [1.807, 2.05) is 13.0 Å². The van der Waals surface area contributed by atoms with Crippen LogP contribution < -0.4 is 0 Å².